The van der Waals surface area contributed by atoms with Crippen LogP contribution in [0.3, 0.4) is 0 Å². The first-order valence-electron chi connectivity index (χ1n) is 7.78. The minimum absolute atomic E-state index is 0. The van der Waals surface area contributed by atoms with E-state index in [1.54, 1.807) is 12.1 Å². The molecule has 1 atom stereocenters. The number of halogens is 1. The SMILES string of the molecule is CCC(N)O.Cl.O=C(O)CCC(=O)c1ccc(-c2ccccc2)cc1. The Labute approximate surface area is 153 Å². The lowest BCUT2D eigenvalue weighted by atomic mass is 10.0. The predicted octanol–water partition coefficient (Wildman–Crippen LogP) is 3.50. The van der Waals surface area contributed by atoms with Crippen molar-refractivity contribution in [1.29, 1.82) is 0 Å². The Kier molecular flexibility index (Phi) is 11.1. The van der Waals surface area contributed by atoms with Gasteiger partial charge in [-0.1, -0.05) is 61.5 Å². The quantitative estimate of drug-likeness (QED) is 0.537. The van der Waals surface area contributed by atoms with Gasteiger partial charge in [-0.25, -0.2) is 0 Å². The van der Waals surface area contributed by atoms with Crippen molar-refractivity contribution >= 4 is 24.2 Å². The summed E-state index contributed by atoms with van der Waals surface area (Å²) < 4.78 is 0. The van der Waals surface area contributed by atoms with Crippen LogP contribution in [0.1, 0.15) is 36.5 Å². The van der Waals surface area contributed by atoms with Gasteiger partial charge in [-0.2, -0.15) is 0 Å². The Bertz CT molecular complexity index is 642. The van der Waals surface area contributed by atoms with E-state index in [2.05, 4.69) is 0 Å². The van der Waals surface area contributed by atoms with Crippen LogP contribution in [0.25, 0.3) is 11.1 Å². The van der Waals surface area contributed by atoms with Crippen LogP contribution in [-0.2, 0) is 4.79 Å². The fraction of sp³-hybridized carbons (Fsp3) is 0.263. The number of nitrogens with two attached hydrogens (primary N) is 1. The number of carbonyl (C=O) groups is 2. The molecule has 0 saturated heterocycles. The van der Waals surface area contributed by atoms with E-state index in [9.17, 15) is 9.59 Å². The first-order chi connectivity index (χ1) is 11.4. The van der Waals surface area contributed by atoms with Crippen molar-refractivity contribution in [2.24, 2.45) is 5.73 Å². The second-order valence-corrected chi connectivity index (χ2v) is 5.24. The van der Waals surface area contributed by atoms with Crippen LogP contribution < -0.4 is 5.73 Å². The number of benzene rings is 2. The number of aliphatic carboxylic acids is 1. The molecule has 1 unspecified atom stereocenters. The molecule has 2 rings (SSSR count). The highest BCUT2D eigenvalue weighted by Gasteiger charge is 2.08. The molecule has 5 nitrogen and oxygen atoms in total. The zero-order chi connectivity index (χ0) is 17.9. The van der Waals surface area contributed by atoms with E-state index < -0.39 is 12.2 Å². The lowest BCUT2D eigenvalue weighted by Gasteiger charge is -2.03. The zero-order valence-electron chi connectivity index (χ0n) is 14.1. The molecule has 0 bridgehead atoms. The molecule has 2 aromatic rings. The van der Waals surface area contributed by atoms with Gasteiger partial charge in [-0.15, -0.1) is 12.4 Å². The number of Topliss-reactive ketones (excluding diaryl/α,β-unsaturated/α-hetero) is 1. The lowest BCUT2D eigenvalue weighted by Crippen LogP contribution is -2.16. The number of aliphatic hydroxyl groups is 1. The average Bonchev–Trinajstić information content (AvgIpc) is 2.61. The molecule has 0 aliphatic rings. The van der Waals surface area contributed by atoms with Gasteiger partial charge in [0.25, 0.3) is 0 Å². The highest BCUT2D eigenvalue weighted by Crippen LogP contribution is 2.19. The second kappa shape index (κ2) is 12.2. The molecule has 0 aliphatic heterocycles. The van der Waals surface area contributed by atoms with E-state index in [0.29, 0.717) is 12.0 Å². The monoisotopic (exact) mass is 365 g/mol. The maximum Gasteiger partial charge on any atom is 0.303 e. The van der Waals surface area contributed by atoms with Crippen LogP contribution in [0.2, 0.25) is 0 Å². The topological polar surface area (TPSA) is 101 Å². The fourth-order valence-electron chi connectivity index (χ4n) is 1.84. The van der Waals surface area contributed by atoms with Crippen LogP contribution in [0.4, 0.5) is 0 Å². The number of hydrogen-bond donors (Lipinski definition) is 3. The van der Waals surface area contributed by atoms with Gasteiger partial charge >= 0.3 is 5.97 Å². The summed E-state index contributed by atoms with van der Waals surface area (Å²) >= 11 is 0. The Hall–Kier alpha value is -2.21. The number of carbonyl (C=O) groups excluding carboxylic acids is 1. The molecule has 2 aromatic carbocycles. The van der Waals surface area contributed by atoms with Crippen LogP contribution >= 0.6 is 12.4 Å². The predicted molar refractivity (Wildman–Crippen MR) is 101 cm³/mol. The Morgan fingerprint density at radius 1 is 0.960 bits per heavy atom. The van der Waals surface area contributed by atoms with Crippen LogP contribution in [-0.4, -0.2) is 28.2 Å². The van der Waals surface area contributed by atoms with Gasteiger partial charge in [0.1, 0.15) is 6.23 Å². The summed E-state index contributed by atoms with van der Waals surface area (Å²) in [7, 11) is 0. The Morgan fingerprint density at radius 2 is 1.44 bits per heavy atom. The van der Waals surface area contributed by atoms with Crippen molar-refractivity contribution in [3.8, 4) is 11.1 Å². The van der Waals surface area contributed by atoms with Gasteiger partial charge < -0.3 is 15.9 Å². The summed E-state index contributed by atoms with van der Waals surface area (Å²) in [5, 5.41) is 16.7. The van der Waals surface area contributed by atoms with Crippen molar-refractivity contribution < 1.29 is 19.8 Å². The molecule has 6 heteroatoms. The third kappa shape index (κ3) is 9.00. The molecule has 0 aromatic heterocycles. The molecule has 4 N–H and O–H groups in total. The van der Waals surface area contributed by atoms with E-state index in [4.69, 9.17) is 15.9 Å². The third-order valence-corrected chi connectivity index (χ3v) is 3.30. The van der Waals surface area contributed by atoms with Crippen molar-refractivity contribution in [3.05, 3.63) is 60.2 Å². The second-order valence-electron chi connectivity index (χ2n) is 5.24. The number of ketones is 1. The summed E-state index contributed by atoms with van der Waals surface area (Å²) in [6, 6.07) is 17.1. The normalized spacial score (nSPS) is 10.7. The van der Waals surface area contributed by atoms with Crippen LogP contribution in [0.15, 0.2) is 54.6 Å². The Balaban J connectivity index is 0.000000848. The van der Waals surface area contributed by atoms with Crippen molar-refractivity contribution in [2.75, 3.05) is 0 Å². The third-order valence-electron chi connectivity index (χ3n) is 3.30. The van der Waals surface area contributed by atoms with E-state index in [1.807, 2.05) is 49.4 Å². The molecule has 0 spiro atoms. The number of hydrogen-bond acceptors (Lipinski definition) is 4. The van der Waals surface area contributed by atoms with Gasteiger partial charge in [0.15, 0.2) is 5.78 Å². The number of aliphatic hydroxyl groups excluding tert-OH is 1. The maximum atomic E-state index is 11.7. The van der Waals surface area contributed by atoms with Gasteiger partial charge in [-0.05, 0) is 17.5 Å². The fourth-order valence-corrected chi connectivity index (χ4v) is 1.84. The summed E-state index contributed by atoms with van der Waals surface area (Å²) in [6.45, 7) is 1.82. The maximum absolute atomic E-state index is 11.7. The molecule has 0 fully saturated rings. The Morgan fingerprint density at radius 3 is 1.88 bits per heavy atom. The first-order valence-corrected chi connectivity index (χ1v) is 7.78. The van der Waals surface area contributed by atoms with Gasteiger partial charge in [0.05, 0.1) is 6.42 Å². The zero-order valence-corrected chi connectivity index (χ0v) is 14.9. The summed E-state index contributed by atoms with van der Waals surface area (Å²) in [4.78, 5) is 22.2. The molecule has 0 heterocycles. The molecule has 0 aliphatic carbocycles. The standard InChI is InChI=1S/C16H14O3.C3H9NO.ClH/c17-15(10-11-16(18)19)14-8-6-13(7-9-14)12-4-2-1-3-5-12;1-2-3(4)5;/h1-9H,10-11H2,(H,18,19);3,5H,2,4H2,1H3;1H. The van der Waals surface area contributed by atoms with Crippen LogP contribution in [0.5, 0.6) is 0 Å². The van der Waals surface area contributed by atoms with Crippen molar-refractivity contribution in [1.82, 2.24) is 0 Å². The smallest absolute Gasteiger partial charge is 0.303 e. The summed E-state index contributed by atoms with van der Waals surface area (Å²) in [6.07, 6.45) is -0.0609. The summed E-state index contributed by atoms with van der Waals surface area (Å²) in [5.41, 5.74) is 7.53. The molecule has 0 saturated carbocycles. The largest absolute Gasteiger partial charge is 0.481 e. The van der Waals surface area contributed by atoms with E-state index in [1.165, 1.54) is 0 Å². The van der Waals surface area contributed by atoms with E-state index in [0.717, 1.165) is 11.1 Å². The van der Waals surface area contributed by atoms with Crippen molar-refractivity contribution in [3.63, 3.8) is 0 Å². The number of rotatable bonds is 6. The minimum atomic E-state index is -0.950. The molecular weight excluding hydrogens is 342 g/mol. The average molecular weight is 366 g/mol. The van der Waals surface area contributed by atoms with Gasteiger partial charge in [-0.3, -0.25) is 9.59 Å². The molecule has 0 amide bonds. The molecule has 25 heavy (non-hydrogen) atoms. The van der Waals surface area contributed by atoms with Crippen LogP contribution in [0, 0.1) is 0 Å². The summed E-state index contributed by atoms with van der Waals surface area (Å²) in [5.74, 6) is -1.09. The molecule has 136 valence electrons. The van der Waals surface area contributed by atoms with E-state index in [-0.39, 0.29) is 31.0 Å². The molecular formula is C19H24ClNO4. The molecule has 0 radical (unpaired) electrons. The van der Waals surface area contributed by atoms with Crippen molar-refractivity contribution in [2.45, 2.75) is 32.4 Å². The number of carboxylic acids is 1. The highest BCUT2D eigenvalue weighted by molar-refractivity contribution is 5.97. The highest BCUT2D eigenvalue weighted by atomic mass is 35.5. The minimum Gasteiger partial charge on any atom is -0.481 e. The van der Waals surface area contributed by atoms with Gasteiger partial charge in [0.2, 0.25) is 0 Å². The first kappa shape index (κ1) is 22.8. The van der Waals surface area contributed by atoms with E-state index >= 15 is 0 Å². The van der Waals surface area contributed by atoms with Gasteiger partial charge in [0, 0.05) is 12.0 Å². The number of carboxylic acid groups (broad SMARTS) is 1. The lowest BCUT2D eigenvalue weighted by molar-refractivity contribution is -0.136.